The molecule has 0 heterocycles. The van der Waals surface area contributed by atoms with Gasteiger partial charge in [-0.15, -0.1) is 0 Å². The van der Waals surface area contributed by atoms with Crippen LogP contribution in [-0.4, -0.2) is 17.9 Å². The second-order valence-electron chi connectivity index (χ2n) is 4.25. The lowest BCUT2D eigenvalue weighted by Gasteiger charge is -2.13. The SMILES string of the molecule is O=C1CCC[C@H]1C(=O)OC1CCCC1. The van der Waals surface area contributed by atoms with Gasteiger partial charge in [-0.3, -0.25) is 9.59 Å². The molecule has 3 heteroatoms. The van der Waals surface area contributed by atoms with Gasteiger partial charge in [0, 0.05) is 6.42 Å². The zero-order chi connectivity index (χ0) is 9.97. The predicted molar refractivity (Wildman–Crippen MR) is 50.7 cm³/mol. The molecule has 0 aliphatic heterocycles. The molecule has 0 aromatic heterocycles. The first-order chi connectivity index (χ1) is 6.77. The third kappa shape index (κ3) is 1.97. The Labute approximate surface area is 83.8 Å². The first-order valence-corrected chi connectivity index (χ1v) is 5.50. The van der Waals surface area contributed by atoms with E-state index >= 15 is 0 Å². The molecule has 14 heavy (non-hydrogen) atoms. The molecule has 0 saturated heterocycles. The number of rotatable bonds is 2. The fraction of sp³-hybridized carbons (Fsp3) is 0.818. The minimum Gasteiger partial charge on any atom is -0.462 e. The summed E-state index contributed by atoms with van der Waals surface area (Å²) in [5, 5.41) is 0. The molecule has 0 aromatic rings. The smallest absolute Gasteiger partial charge is 0.316 e. The number of carbonyl (C=O) groups is 2. The van der Waals surface area contributed by atoms with E-state index in [0.29, 0.717) is 12.8 Å². The molecule has 2 aliphatic rings. The standard InChI is InChI=1S/C11H16O3/c12-10-7-3-6-9(10)11(13)14-8-4-1-2-5-8/h8-9H,1-7H2/t9-/m1/s1. The van der Waals surface area contributed by atoms with Crippen molar-refractivity contribution in [3.8, 4) is 0 Å². The fourth-order valence-electron chi connectivity index (χ4n) is 2.32. The van der Waals surface area contributed by atoms with Gasteiger partial charge in [0.15, 0.2) is 0 Å². The average molecular weight is 196 g/mol. The molecule has 0 radical (unpaired) electrons. The highest BCUT2D eigenvalue weighted by atomic mass is 16.5. The van der Waals surface area contributed by atoms with Crippen molar-refractivity contribution in [3.63, 3.8) is 0 Å². The van der Waals surface area contributed by atoms with Gasteiger partial charge >= 0.3 is 5.97 Å². The van der Waals surface area contributed by atoms with E-state index in [1.165, 1.54) is 0 Å². The van der Waals surface area contributed by atoms with Crippen LogP contribution in [0.15, 0.2) is 0 Å². The van der Waals surface area contributed by atoms with Crippen LogP contribution in [0.4, 0.5) is 0 Å². The number of ether oxygens (including phenoxy) is 1. The molecule has 2 aliphatic carbocycles. The van der Waals surface area contributed by atoms with Crippen LogP contribution in [0.3, 0.4) is 0 Å². The highest BCUT2D eigenvalue weighted by molar-refractivity contribution is 6.00. The second kappa shape index (κ2) is 4.11. The van der Waals surface area contributed by atoms with E-state index in [9.17, 15) is 9.59 Å². The molecular formula is C11H16O3. The molecule has 0 N–H and O–H groups in total. The molecule has 2 rings (SSSR count). The van der Waals surface area contributed by atoms with Crippen molar-refractivity contribution in [2.24, 2.45) is 5.92 Å². The molecule has 2 fully saturated rings. The summed E-state index contributed by atoms with van der Waals surface area (Å²) in [5.74, 6) is -0.622. The summed E-state index contributed by atoms with van der Waals surface area (Å²) in [4.78, 5) is 22.9. The first kappa shape index (κ1) is 9.69. The van der Waals surface area contributed by atoms with Crippen LogP contribution in [-0.2, 0) is 14.3 Å². The molecule has 0 bridgehead atoms. The number of hydrogen-bond acceptors (Lipinski definition) is 3. The predicted octanol–water partition coefficient (Wildman–Crippen LogP) is 1.84. The monoisotopic (exact) mass is 196 g/mol. The maximum atomic E-state index is 11.6. The Morgan fingerprint density at radius 3 is 2.43 bits per heavy atom. The fourth-order valence-corrected chi connectivity index (χ4v) is 2.32. The number of esters is 1. The van der Waals surface area contributed by atoms with E-state index in [-0.39, 0.29) is 17.9 Å². The average Bonchev–Trinajstić information content (AvgIpc) is 2.75. The van der Waals surface area contributed by atoms with Crippen LogP contribution in [0, 0.1) is 5.92 Å². The molecule has 0 unspecified atom stereocenters. The van der Waals surface area contributed by atoms with Crippen molar-refractivity contribution < 1.29 is 14.3 Å². The van der Waals surface area contributed by atoms with E-state index in [4.69, 9.17) is 4.74 Å². The summed E-state index contributed by atoms with van der Waals surface area (Å²) < 4.78 is 5.31. The van der Waals surface area contributed by atoms with Gasteiger partial charge in [0.05, 0.1) is 0 Å². The molecule has 0 spiro atoms. The number of Topliss-reactive ketones (excluding diaryl/α,β-unsaturated/α-hetero) is 1. The molecule has 3 nitrogen and oxygen atoms in total. The van der Waals surface area contributed by atoms with Crippen LogP contribution in [0.2, 0.25) is 0 Å². The Morgan fingerprint density at radius 1 is 1.14 bits per heavy atom. The van der Waals surface area contributed by atoms with Crippen LogP contribution in [0.5, 0.6) is 0 Å². The molecule has 2 saturated carbocycles. The molecular weight excluding hydrogens is 180 g/mol. The largest absolute Gasteiger partial charge is 0.462 e. The quantitative estimate of drug-likeness (QED) is 0.500. The van der Waals surface area contributed by atoms with Crippen LogP contribution < -0.4 is 0 Å². The molecule has 1 atom stereocenters. The molecule has 78 valence electrons. The Bertz CT molecular complexity index is 241. The normalized spacial score (nSPS) is 28.3. The van der Waals surface area contributed by atoms with Crippen molar-refractivity contribution in [1.82, 2.24) is 0 Å². The Hall–Kier alpha value is -0.860. The van der Waals surface area contributed by atoms with Gasteiger partial charge in [-0.05, 0) is 38.5 Å². The highest BCUT2D eigenvalue weighted by Gasteiger charge is 2.34. The van der Waals surface area contributed by atoms with E-state index in [2.05, 4.69) is 0 Å². The van der Waals surface area contributed by atoms with Gasteiger partial charge in [-0.25, -0.2) is 0 Å². The lowest BCUT2D eigenvalue weighted by Crippen LogP contribution is -2.25. The van der Waals surface area contributed by atoms with Crippen LogP contribution in [0.25, 0.3) is 0 Å². The lowest BCUT2D eigenvalue weighted by atomic mass is 10.1. The Morgan fingerprint density at radius 2 is 1.86 bits per heavy atom. The van der Waals surface area contributed by atoms with Crippen molar-refractivity contribution in [2.75, 3.05) is 0 Å². The number of ketones is 1. The van der Waals surface area contributed by atoms with Gasteiger partial charge in [-0.1, -0.05) is 0 Å². The van der Waals surface area contributed by atoms with Gasteiger partial charge in [-0.2, -0.15) is 0 Å². The third-order valence-electron chi connectivity index (χ3n) is 3.17. The van der Waals surface area contributed by atoms with E-state index in [0.717, 1.165) is 32.1 Å². The van der Waals surface area contributed by atoms with Crippen molar-refractivity contribution in [3.05, 3.63) is 0 Å². The lowest BCUT2D eigenvalue weighted by molar-refractivity contribution is -0.155. The first-order valence-electron chi connectivity index (χ1n) is 5.50. The van der Waals surface area contributed by atoms with E-state index < -0.39 is 5.92 Å². The van der Waals surface area contributed by atoms with Crippen molar-refractivity contribution in [1.29, 1.82) is 0 Å². The maximum Gasteiger partial charge on any atom is 0.316 e. The summed E-state index contributed by atoms with van der Waals surface area (Å²) in [6.45, 7) is 0. The second-order valence-corrected chi connectivity index (χ2v) is 4.25. The zero-order valence-electron chi connectivity index (χ0n) is 8.33. The summed E-state index contributed by atoms with van der Waals surface area (Å²) in [6.07, 6.45) is 6.46. The van der Waals surface area contributed by atoms with Crippen molar-refractivity contribution in [2.45, 2.75) is 51.0 Å². The number of hydrogen-bond donors (Lipinski definition) is 0. The number of carbonyl (C=O) groups excluding carboxylic acids is 2. The summed E-state index contributed by atoms with van der Waals surface area (Å²) in [5.41, 5.74) is 0. The minimum absolute atomic E-state index is 0.0768. The summed E-state index contributed by atoms with van der Waals surface area (Å²) in [7, 11) is 0. The van der Waals surface area contributed by atoms with E-state index in [1.54, 1.807) is 0 Å². The highest BCUT2D eigenvalue weighted by Crippen LogP contribution is 2.26. The maximum absolute atomic E-state index is 11.6. The van der Waals surface area contributed by atoms with E-state index in [1.807, 2.05) is 0 Å². The van der Waals surface area contributed by atoms with Crippen LogP contribution >= 0.6 is 0 Å². The molecule has 0 amide bonds. The Kier molecular flexibility index (Phi) is 2.85. The van der Waals surface area contributed by atoms with Gasteiger partial charge in [0.1, 0.15) is 17.8 Å². The summed E-state index contributed by atoms with van der Waals surface area (Å²) in [6, 6.07) is 0. The zero-order valence-corrected chi connectivity index (χ0v) is 8.33. The van der Waals surface area contributed by atoms with Crippen molar-refractivity contribution >= 4 is 11.8 Å². The molecule has 0 aromatic carbocycles. The van der Waals surface area contributed by atoms with Crippen LogP contribution in [0.1, 0.15) is 44.9 Å². The van der Waals surface area contributed by atoms with Gasteiger partial charge < -0.3 is 4.74 Å². The minimum atomic E-state index is -0.435. The third-order valence-corrected chi connectivity index (χ3v) is 3.17. The van der Waals surface area contributed by atoms with Gasteiger partial charge in [0.2, 0.25) is 0 Å². The summed E-state index contributed by atoms with van der Waals surface area (Å²) >= 11 is 0. The van der Waals surface area contributed by atoms with Gasteiger partial charge in [0.25, 0.3) is 0 Å². The Balaban J connectivity index is 1.85. The topological polar surface area (TPSA) is 43.4 Å².